The first-order valence-corrected chi connectivity index (χ1v) is 6.31. The Morgan fingerprint density at radius 2 is 1.94 bits per heavy atom. The number of hydrogen-bond acceptors (Lipinski definition) is 4. The van der Waals surface area contributed by atoms with Gasteiger partial charge in [-0.2, -0.15) is 0 Å². The number of rotatable bonds is 6. The molecule has 0 aromatic rings. The first-order chi connectivity index (χ1) is 8.44. The van der Waals surface area contributed by atoms with Crippen molar-refractivity contribution in [1.29, 1.82) is 0 Å². The number of ether oxygens (including phenoxy) is 2. The highest BCUT2D eigenvalue weighted by Gasteiger charge is 2.39. The van der Waals surface area contributed by atoms with E-state index < -0.39 is 0 Å². The van der Waals surface area contributed by atoms with Crippen molar-refractivity contribution >= 4 is 11.9 Å². The van der Waals surface area contributed by atoms with Crippen molar-refractivity contribution in [2.45, 2.75) is 38.2 Å². The Kier molecular flexibility index (Phi) is 5.14. The fraction of sp³-hybridized carbons (Fsp3) is 0.846. The normalized spacial score (nSPS) is 18.7. The van der Waals surface area contributed by atoms with Crippen molar-refractivity contribution in [3.05, 3.63) is 0 Å². The van der Waals surface area contributed by atoms with Crippen LogP contribution >= 0.6 is 0 Å². The van der Waals surface area contributed by atoms with Crippen molar-refractivity contribution in [1.82, 2.24) is 4.90 Å². The Labute approximate surface area is 108 Å². The Morgan fingerprint density at radius 3 is 2.33 bits per heavy atom. The summed E-state index contributed by atoms with van der Waals surface area (Å²) < 4.78 is 10.1. The molecule has 1 unspecified atom stereocenters. The molecule has 0 bridgehead atoms. The molecule has 0 aliphatic heterocycles. The number of methoxy groups -OCH3 is 2. The van der Waals surface area contributed by atoms with Crippen LogP contribution in [-0.2, 0) is 19.1 Å². The average molecular weight is 257 g/mol. The van der Waals surface area contributed by atoms with Gasteiger partial charge in [-0.3, -0.25) is 9.59 Å². The van der Waals surface area contributed by atoms with E-state index in [1.807, 2.05) is 0 Å². The van der Waals surface area contributed by atoms with Gasteiger partial charge in [-0.05, 0) is 19.3 Å². The number of hydrogen-bond donors (Lipinski definition) is 0. The second kappa shape index (κ2) is 6.18. The number of amides is 1. The zero-order valence-corrected chi connectivity index (χ0v) is 11.7. The van der Waals surface area contributed by atoms with Gasteiger partial charge in [0.05, 0.1) is 25.0 Å². The van der Waals surface area contributed by atoms with Crippen LogP contribution in [0.3, 0.4) is 0 Å². The van der Waals surface area contributed by atoms with Gasteiger partial charge in [0, 0.05) is 20.7 Å². The molecule has 1 rings (SSSR count). The van der Waals surface area contributed by atoms with E-state index in [4.69, 9.17) is 4.74 Å². The van der Waals surface area contributed by atoms with Gasteiger partial charge >= 0.3 is 5.97 Å². The standard InChI is InChI=1S/C13H23NO4/c1-10(12(16)17-3)9-14(2)11(15)8-13(18-4)6-5-7-13/h10H,5-9H2,1-4H3. The van der Waals surface area contributed by atoms with Crippen LogP contribution in [0.1, 0.15) is 32.6 Å². The Bertz CT molecular complexity index is 307. The quantitative estimate of drug-likeness (QED) is 0.671. The summed E-state index contributed by atoms with van der Waals surface area (Å²) in [7, 11) is 4.72. The maximum Gasteiger partial charge on any atom is 0.310 e. The summed E-state index contributed by atoms with van der Waals surface area (Å²) in [4.78, 5) is 24.9. The molecule has 0 N–H and O–H groups in total. The third-order valence-electron chi connectivity index (χ3n) is 3.75. The summed E-state index contributed by atoms with van der Waals surface area (Å²) in [6.07, 6.45) is 3.39. The second-order valence-corrected chi connectivity index (χ2v) is 5.12. The summed E-state index contributed by atoms with van der Waals surface area (Å²) >= 11 is 0. The minimum absolute atomic E-state index is 0.0207. The molecule has 0 spiro atoms. The Morgan fingerprint density at radius 1 is 1.33 bits per heavy atom. The molecule has 0 heterocycles. The molecule has 1 saturated carbocycles. The van der Waals surface area contributed by atoms with Crippen LogP contribution in [0.15, 0.2) is 0 Å². The van der Waals surface area contributed by atoms with E-state index in [2.05, 4.69) is 4.74 Å². The lowest BCUT2D eigenvalue weighted by molar-refractivity contribution is -0.148. The molecule has 1 aliphatic rings. The summed E-state index contributed by atoms with van der Waals surface area (Å²) in [6.45, 7) is 2.14. The van der Waals surface area contributed by atoms with Gasteiger partial charge in [0.15, 0.2) is 0 Å². The molecular formula is C13H23NO4. The first kappa shape index (κ1) is 15.0. The van der Waals surface area contributed by atoms with E-state index in [9.17, 15) is 9.59 Å². The number of carbonyl (C=O) groups excluding carboxylic acids is 2. The van der Waals surface area contributed by atoms with Gasteiger partial charge in [-0.1, -0.05) is 6.92 Å². The van der Waals surface area contributed by atoms with Crippen molar-refractivity contribution in [3.8, 4) is 0 Å². The third kappa shape index (κ3) is 3.45. The van der Waals surface area contributed by atoms with Gasteiger partial charge in [-0.15, -0.1) is 0 Å². The lowest BCUT2D eigenvalue weighted by atomic mass is 9.77. The van der Waals surface area contributed by atoms with E-state index in [0.29, 0.717) is 13.0 Å². The number of esters is 1. The molecule has 0 aromatic heterocycles. The zero-order chi connectivity index (χ0) is 13.8. The second-order valence-electron chi connectivity index (χ2n) is 5.12. The molecule has 0 radical (unpaired) electrons. The number of carbonyl (C=O) groups is 2. The molecular weight excluding hydrogens is 234 g/mol. The molecule has 5 nitrogen and oxygen atoms in total. The summed E-state index contributed by atoms with van der Waals surface area (Å²) in [6, 6.07) is 0. The van der Waals surface area contributed by atoms with Crippen LogP contribution in [0.2, 0.25) is 0 Å². The topological polar surface area (TPSA) is 55.8 Å². The molecule has 18 heavy (non-hydrogen) atoms. The predicted molar refractivity (Wildman–Crippen MR) is 67.0 cm³/mol. The van der Waals surface area contributed by atoms with Crippen molar-refractivity contribution < 1.29 is 19.1 Å². The molecule has 5 heteroatoms. The molecule has 1 fully saturated rings. The van der Waals surface area contributed by atoms with Gasteiger partial charge in [0.2, 0.25) is 5.91 Å². The lowest BCUT2D eigenvalue weighted by Crippen LogP contribution is -2.45. The van der Waals surface area contributed by atoms with Crippen LogP contribution in [0.4, 0.5) is 0 Å². The molecule has 104 valence electrons. The van der Waals surface area contributed by atoms with Crippen LogP contribution in [0.25, 0.3) is 0 Å². The molecule has 1 atom stereocenters. The zero-order valence-electron chi connectivity index (χ0n) is 11.7. The van der Waals surface area contributed by atoms with Crippen molar-refractivity contribution in [3.63, 3.8) is 0 Å². The first-order valence-electron chi connectivity index (χ1n) is 6.31. The largest absolute Gasteiger partial charge is 0.469 e. The predicted octanol–water partition coefficient (Wildman–Crippen LogP) is 1.21. The highest BCUT2D eigenvalue weighted by molar-refractivity contribution is 5.78. The van der Waals surface area contributed by atoms with Crippen LogP contribution in [-0.4, -0.2) is 50.2 Å². The van der Waals surface area contributed by atoms with Gasteiger partial charge in [0.1, 0.15) is 0 Å². The molecule has 0 aromatic carbocycles. The van der Waals surface area contributed by atoms with Gasteiger partial charge in [0.25, 0.3) is 0 Å². The minimum Gasteiger partial charge on any atom is -0.469 e. The number of nitrogens with zero attached hydrogens (tertiary/aromatic N) is 1. The Hall–Kier alpha value is -1.10. The van der Waals surface area contributed by atoms with Gasteiger partial charge < -0.3 is 14.4 Å². The summed E-state index contributed by atoms with van der Waals surface area (Å²) in [5, 5.41) is 0. The highest BCUT2D eigenvalue weighted by Crippen LogP contribution is 2.38. The maximum absolute atomic E-state index is 12.1. The van der Waals surface area contributed by atoms with E-state index in [0.717, 1.165) is 19.3 Å². The molecule has 1 aliphatic carbocycles. The maximum atomic E-state index is 12.1. The SMILES string of the molecule is COC(=O)C(C)CN(C)C(=O)CC1(OC)CCC1. The monoisotopic (exact) mass is 257 g/mol. The highest BCUT2D eigenvalue weighted by atomic mass is 16.5. The lowest BCUT2D eigenvalue weighted by Gasteiger charge is -2.40. The molecule has 1 amide bonds. The fourth-order valence-electron chi connectivity index (χ4n) is 2.22. The fourth-order valence-corrected chi connectivity index (χ4v) is 2.22. The molecule has 0 saturated heterocycles. The summed E-state index contributed by atoms with van der Waals surface area (Å²) in [5.74, 6) is -0.573. The smallest absolute Gasteiger partial charge is 0.310 e. The van der Waals surface area contributed by atoms with E-state index in [-0.39, 0.29) is 23.4 Å². The van der Waals surface area contributed by atoms with Crippen molar-refractivity contribution in [2.75, 3.05) is 27.8 Å². The van der Waals surface area contributed by atoms with Crippen molar-refractivity contribution in [2.24, 2.45) is 5.92 Å². The third-order valence-corrected chi connectivity index (χ3v) is 3.75. The van der Waals surface area contributed by atoms with E-state index in [1.54, 1.807) is 26.0 Å². The van der Waals surface area contributed by atoms with Crippen LogP contribution < -0.4 is 0 Å². The summed E-state index contributed by atoms with van der Waals surface area (Å²) in [5.41, 5.74) is -0.264. The van der Waals surface area contributed by atoms with Crippen LogP contribution in [0, 0.1) is 5.92 Å². The Balaban J connectivity index is 2.44. The average Bonchev–Trinajstić information content (AvgIpc) is 2.32. The van der Waals surface area contributed by atoms with Gasteiger partial charge in [-0.25, -0.2) is 0 Å². The minimum atomic E-state index is -0.302. The van der Waals surface area contributed by atoms with Crippen LogP contribution in [0.5, 0.6) is 0 Å². The van der Waals surface area contributed by atoms with E-state index >= 15 is 0 Å². The van der Waals surface area contributed by atoms with E-state index in [1.165, 1.54) is 7.11 Å².